The number of nitrogens with zero attached hydrogens (tertiary/aromatic N) is 4. The number of aryl methyl sites for hydroxylation is 1. The van der Waals surface area contributed by atoms with E-state index in [0.29, 0.717) is 11.4 Å². The molecule has 2 aromatic carbocycles. The number of aromatic hydroxyl groups is 1. The summed E-state index contributed by atoms with van der Waals surface area (Å²) in [5, 5.41) is 33.6. The lowest BCUT2D eigenvalue weighted by atomic mass is 9.86. The molecule has 0 amide bonds. The second-order valence-corrected chi connectivity index (χ2v) is 9.65. The van der Waals surface area contributed by atoms with E-state index in [0.717, 1.165) is 12.7 Å². The molecule has 3 N–H and O–H groups in total. The highest BCUT2D eigenvalue weighted by atomic mass is 32.1. The number of aromatic nitrogens is 2. The third-order valence-electron chi connectivity index (χ3n) is 5.57. The molecule has 1 aromatic heterocycles. The molecule has 37 heavy (non-hydrogen) atoms. The van der Waals surface area contributed by atoms with Crippen molar-refractivity contribution in [3.63, 3.8) is 0 Å². The molecule has 194 valence electrons. The van der Waals surface area contributed by atoms with Crippen molar-refractivity contribution >= 4 is 40.4 Å². The maximum Gasteiger partial charge on any atom is 0.344 e. The number of methoxy groups -OCH3 is 1. The predicted octanol–water partition coefficient (Wildman–Crippen LogP) is 4.50. The highest BCUT2D eigenvalue weighted by molar-refractivity contribution is 7.80. The monoisotopic (exact) mass is 524 g/mol. The van der Waals surface area contributed by atoms with Crippen LogP contribution < -0.4 is 10.7 Å². The van der Waals surface area contributed by atoms with Gasteiger partial charge in [0.25, 0.3) is 5.69 Å². The smallest absolute Gasteiger partial charge is 0.344 e. The zero-order valence-electron chi connectivity index (χ0n) is 21.3. The van der Waals surface area contributed by atoms with Crippen molar-refractivity contribution in [1.29, 1.82) is 0 Å². The molecule has 3 rings (SSSR count). The van der Waals surface area contributed by atoms with Crippen molar-refractivity contribution in [3.05, 3.63) is 69.4 Å². The quantitative estimate of drug-likeness (QED) is 0.140. The van der Waals surface area contributed by atoms with Gasteiger partial charge in [0.05, 0.1) is 17.7 Å². The van der Waals surface area contributed by atoms with Gasteiger partial charge in [0.1, 0.15) is 11.3 Å². The van der Waals surface area contributed by atoms with Gasteiger partial charge in [-0.25, -0.2) is 4.79 Å². The van der Waals surface area contributed by atoms with Crippen LogP contribution in [0.3, 0.4) is 0 Å². The largest absolute Gasteiger partial charge is 0.504 e. The Morgan fingerprint density at radius 3 is 2.43 bits per heavy atom. The molecule has 12 heteroatoms. The number of nitrogens with one attached hydrogen (secondary N) is 2. The van der Waals surface area contributed by atoms with E-state index in [9.17, 15) is 20.0 Å². The summed E-state index contributed by atoms with van der Waals surface area (Å²) in [6, 6.07) is 11.8. The van der Waals surface area contributed by atoms with Gasteiger partial charge >= 0.3 is 5.97 Å². The Bertz CT molecular complexity index is 1390. The van der Waals surface area contributed by atoms with Gasteiger partial charge in [0.2, 0.25) is 0 Å². The van der Waals surface area contributed by atoms with Gasteiger partial charge in [0.15, 0.2) is 16.6 Å². The minimum Gasteiger partial charge on any atom is -0.504 e. The molecule has 0 radical (unpaired) electrons. The fraction of sp³-hybridized carbons (Fsp3) is 0.280. The summed E-state index contributed by atoms with van der Waals surface area (Å²) in [4.78, 5) is 22.4. The Balaban J connectivity index is 1.77. The van der Waals surface area contributed by atoms with E-state index >= 15 is 0 Å². The molecule has 0 aliphatic carbocycles. The zero-order valence-corrected chi connectivity index (χ0v) is 22.1. The summed E-state index contributed by atoms with van der Waals surface area (Å²) in [5.41, 5.74) is 5.46. The van der Waals surface area contributed by atoms with E-state index in [1.165, 1.54) is 23.8 Å². The molecule has 0 bridgehead atoms. The molecule has 0 aliphatic heterocycles. The van der Waals surface area contributed by atoms with E-state index < -0.39 is 16.6 Å². The van der Waals surface area contributed by atoms with Crippen molar-refractivity contribution in [2.75, 3.05) is 12.4 Å². The number of carbonyl (C=O) groups is 1. The van der Waals surface area contributed by atoms with Gasteiger partial charge in [-0.1, -0.05) is 45.0 Å². The van der Waals surface area contributed by atoms with Gasteiger partial charge in [0, 0.05) is 24.4 Å². The number of hydrogen-bond donors (Lipinski definition) is 3. The van der Waals surface area contributed by atoms with Crippen LogP contribution in [-0.2, 0) is 17.2 Å². The molecule has 0 saturated heterocycles. The first kappa shape index (κ1) is 27.3. The van der Waals surface area contributed by atoms with Crippen LogP contribution in [-0.4, -0.2) is 43.7 Å². The number of ether oxygens (including phenoxy) is 1. The van der Waals surface area contributed by atoms with E-state index in [4.69, 9.17) is 12.2 Å². The summed E-state index contributed by atoms with van der Waals surface area (Å²) < 4.78 is 6.15. The van der Waals surface area contributed by atoms with Crippen molar-refractivity contribution < 1.29 is 19.6 Å². The topological polar surface area (TPSA) is 144 Å². The average Bonchev–Trinajstić information content (AvgIpc) is 3.15. The number of thiocarbonyl (C=S) groups is 1. The Hall–Kier alpha value is -4.32. The lowest BCUT2D eigenvalue weighted by Crippen LogP contribution is -2.25. The van der Waals surface area contributed by atoms with Crippen LogP contribution in [0.5, 0.6) is 5.75 Å². The maximum absolute atomic E-state index is 11.8. The van der Waals surface area contributed by atoms with Crippen molar-refractivity contribution in [2.45, 2.75) is 33.1 Å². The Kier molecular flexibility index (Phi) is 7.92. The summed E-state index contributed by atoms with van der Waals surface area (Å²) in [6.45, 7) is 8.05. The van der Waals surface area contributed by atoms with E-state index in [-0.39, 0.29) is 33.2 Å². The van der Waals surface area contributed by atoms with Gasteiger partial charge < -0.3 is 15.2 Å². The van der Waals surface area contributed by atoms with Crippen molar-refractivity contribution in [2.24, 2.45) is 12.1 Å². The Labute approximate surface area is 219 Å². The Morgan fingerprint density at radius 1 is 1.22 bits per heavy atom. The third kappa shape index (κ3) is 6.09. The number of anilines is 1. The number of rotatable bonds is 6. The van der Waals surface area contributed by atoms with Gasteiger partial charge in [-0.05, 0) is 42.3 Å². The predicted molar refractivity (Wildman–Crippen MR) is 145 cm³/mol. The molecule has 0 spiro atoms. The fourth-order valence-corrected chi connectivity index (χ4v) is 3.76. The number of hydrogen-bond acceptors (Lipinski definition) is 8. The first-order valence-electron chi connectivity index (χ1n) is 11.2. The normalized spacial score (nSPS) is 11.7. The highest BCUT2D eigenvalue weighted by Crippen LogP contribution is 2.33. The third-order valence-corrected chi connectivity index (χ3v) is 5.77. The van der Waals surface area contributed by atoms with Crippen LogP contribution in [0.25, 0.3) is 11.3 Å². The molecule has 0 fully saturated rings. The summed E-state index contributed by atoms with van der Waals surface area (Å²) in [5.74, 6) is -0.846. The summed E-state index contributed by atoms with van der Waals surface area (Å²) >= 11 is 5.22. The van der Waals surface area contributed by atoms with Crippen LogP contribution in [0.4, 0.5) is 11.4 Å². The highest BCUT2D eigenvalue weighted by Gasteiger charge is 2.22. The number of esters is 1. The second kappa shape index (κ2) is 10.7. The molecule has 11 nitrogen and oxygen atoms in total. The molecule has 1 heterocycles. The number of hydrazone groups is 1. The second-order valence-electron chi connectivity index (χ2n) is 9.24. The molecule has 3 aromatic rings. The van der Waals surface area contributed by atoms with E-state index in [2.05, 4.69) is 46.5 Å². The van der Waals surface area contributed by atoms with Gasteiger partial charge in [-0.3, -0.25) is 20.2 Å². The SMILES string of the molecule is COC(=O)c1ccc(NC(=S)N/N=C(/C)c2nn(C)c(-c3ccc(C(C)(C)C)cc3)c2O)cc1[N+](=O)[O-]. The summed E-state index contributed by atoms with van der Waals surface area (Å²) in [7, 11) is 2.87. The van der Waals surface area contributed by atoms with Crippen LogP contribution in [0.15, 0.2) is 47.6 Å². The minimum atomic E-state index is -0.821. The fourth-order valence-electron chi connectivity index (χ4n) is 3.60. The zero-order chi connectivity index (χ0) is 27.5. The van der Waals surface area contributed by atoms with Crippen LogP contribution in [0, 0.1) is 10.1 Å². The maximum atomic E-state index is 11.8. The molecular formula is C25H28N6O5S. The number of benzene rings is 2. The first-order chi connectivity index (χ1) is 17.3. The van der Waals surface area contributed by atoms with Crippen LogP contribution in [0.1, 0.15) is 49.3 Å². The number of nitro groups is 1. The van der Waals surface area contributed by atoms with E-state index in [1.807, 2.05) is 24.3 Å². The molecular weight excluding hydrogens is 496 g/mol. The van der Waals surface area contributed by atoms with Gasteiger partial charge in [-0.15, -0.1) is 0 Å². The molecule has 0 saturated carbocycles. The Morgan fingerprint density at radius 2 is 1.86 bits per heavy atom. The first-order valence-corrected chi connectivity index (χ1v) is 11.6. The standard InChI is InChI=1S/C25H28N6O5S/c1-14(20-22(32)21(30(5)29-20)15-7-9-16(10-8-15)25(2,3)4)27-28-24(37)26-17-11-12-18(23(33)36-6)19(13-17)31(34)35/h7-13,32H,1-6H3,(H2,26,28,37)/b27-14-. The minimum absolute atomic E-state index is 0.00781. The average molecular weight is 525 g/mol. The van der Waals surface area contributed by atoms with Crippen molar-refractivity contribution in [1.82, 2.24) is 15.2 Å². The lowest BCUT2D eigenvalue weighted by Gasteiger charge is -2.19. The summed E-state index contributed by atoms with van der Waals surface area (Å²) in [6.07, 6.45) is 0. The molecule has 0 aliphatic rings. The van der Waals surface area contributed by atoms with Gasteiger partial charge in [-0.2, -0.15) is 10.2 Å². The van der Waals surface area contributed by atoms with Crippen molar-refractivity contribution in [3.8, 4) is 17.0 Å². The van der Waals surface area contributed by atoms with E-state index in [1.54, 1.807) is 18.7 Å². The lowest BCUT2D eigenvalue weighted by molar-refractivity contribution is -0.385. The number of carbonyl (C=O) groups excluding carboxylic acids is 1. The molecule has 0 unspecified atom stereocenters. The van der Waals surface area contributed by atoms with Crippen LogP contribution in [0.2, 0.25) is 0 Å². The van der Waals surface area contributed by atoms with Crippen LogP contribution >= 0.6 is 12.2 Å². The molecule has 0 atom stereocenters. The number of nitro benzene ring substituents is 1.